The number of hydrogen-bond acceptors (Lipinski definition) is 9. The first-order valence-corrected chi connectivity index (χ1v) is 10.5. The molecule has 1 atom stereocenters. The highest BCUT2D eigenvalue weighted by Crippen LogP contribution is 2.36. The Morgan fingerprint density at radius 3 is 2.61 bits per heavy atom. The van der Waals surface area contributed by atoms with Gasteiger partial charge in [0.05, 0.1) is 24.0 Å². The maximum atomic E-state index is 12.6. The van der Waals surface area contributed by atoms with E-state index in [4.69, 9.17) is 9.47 Å². The molecule has 1 aliphatic heterocycles. The molecule has 1 saturated heterocycles. The van der Waals surface area contributed by atoms with Crippen LogP contribution in [0.4, 0.5) is 10.5 Å². The Balaban J connectivity index is 1.77. The normalized spacial score (nSPS) is 15.5. The Morgan fingerprint density at radius 2 is 1.94 bits per heavy atom. The summed E-state index contributed by atoms with van der Waals surface area (Å²) in [6.45, 7) is 1.50. The molecule has 3 rings (SSSR count). The summed E-state index contributed by atoms with van der Waals surface area (Å²) >= 11 is 0.725. The van der Waals surface area contributed by atoms with E-state index in [0.717, 1.165) is 16.7 Å². The number of hydrogen-bond donors (Lipinski definition) is 0. The first-order valence-electron chi connectivity index (χ1n) is 9.64. The van der Waals surface area contributed by atoms with E-state index in [0.29, 0.717) is 22.6 Å². The van der Waals surface area contributed by atoms with Crippen LogP contribution in [0.5, 0.6) is 11.5 Å². The third kappa shape index (κ3) is 5.32. The second-order valence-corrected chi connectivity index (χ2v) is 7.87. The van der Waals surface area contributed by atoms with Crippen molar-refractivity contribution in [2.24, 2.45) is 0 Å². The van der Waals surface area contributed by atoms with E-state index >= 15 is 0 Å². The molecule has 2 aromatic rings. The van der Waals surface area contributed by atoms with Crippen molar-refractivity contribution in [3.8, 4) is 11.5 Å². The molecule has 11 heteroatoms. The van der Waals surface area contributed by atoms with Gasteiger partial charge in [-0.05, 0) is 48.0 Å². The van der Waals surface area contributed by atoms with Gasteiger partial charge in [-0.25, -0.2) is 4.79 Å². The molecule has 0 radical (unpaired) electrons. The average molecular weight is 472 g/mol. The highest BCUT2D eigenvalue weighted by molar-refractivity contribution is 8.18. The third-order valence-corrected chi connectivity index (χ3v) is 5.64. The minimum Gasteiger partial charge on any atom is -0.493 e. The number of esters is 1. The van der Waals surface area contributed by atoms with E-state index in [1.54, 1.807) is 30.3 Å². The lowest BCUT2D eigenvalue weighted by Gasteiger charge is -2.18. The number of ether oxygens (including phenoxy) is 3. The molecule has 0 spiro atoms. The van der Waals surface area contributed by atoms with Gasteiger partial charge in [0.15, 0.2) is 11.5 Å². The molecule has 0 saturated carbocycles. The van der Waals surface area contributed by atoms with Crippen molar-refractivity contribution in [3.05, 3.63) is 68.6 Å². The Hall–Kier alpha value is -3.86. The molecule has 2 amide bonds. The standard InChI is InChI=1S/C22H20N2O8S/c1-13(21(26)31-3)23-20(25)19(33-22(23)27)11-14-7-8-17(18(10-14)30-2)32-12-15-5-4-6-16(9-15)24(28)29/h4-11,13H,12H2,1-3H3/b19-11+. The van der Waals surface area contributed by atoms with Crippen LogP contribution in [0.1, 0.15) is 18.1 Å². The number of carbonyl (C=O) groups is 3. The second-order valence-electron chi connectivity index (χ2n) is 6.88. The molecular weight excluding hydrogens is 452 g/mol. The minimum atomic E-state index is -1.03. The van der Waals surface area contributed by atoms with Gasteiger partial charge in [-0.1, -0.05) is 18.2 Å². The number of imide groups is 1. The molecule has 1 fully saturated rings. The number of benzene rings is 2. The highest BCUT2D eigenvalue weighted by Gasteiger charge is 2.41. The monoisotopic (exact) mass is 472 g/mol. The quantitative estimate of drug-likeness (QED) is 0.244. The second kappa shape index (κ2) is 10.2. The molecular formula is C22H20N2O8S. The van der Waals surface area contributed by atoms with Gasteiger partial charge in [0.2, 0.25) is 0 Å². The molecule has 1 unspecified atom stereocenters. The fourth-order valence-corrected chi connectivity index (χ4v) is 3.96. The van der Waals surface area contributed by atoms with Gasteiger partial charge in [0.1, 0.15) is 12.6 Å². The Labute approximate surface area is 193 Å². The Kier molecular flexibility index (Phi) is 7.34. The average Bonchev–Trinajstić information content (AvgIpc) is 3.09. The summed E-state index contributed by atoms with van der Waals surface area (Å²) in [6.07, 6.45) is 1.52. The van der Waals surface area contributed by atoms with Crippen LogP contribution in [0.25, 0.3) is 6.08 Å². The molecule has 0 bridgehead atoms. The number of methoxy groups -OCH3 is 2. The Morgan fingerprint density at radius 1 is 1.18 bits per heavy atom. The van der Waals surface area contributed by atoms with Crippen molar-refractivity contribution in [1.82, 2.24) is 4.90 Å². The Bertz CT molecular complexity index is 1150. The number of nitrogens with zero attached hydrogens (tertiary/aromatic N) is 2. The van der Waals surface area contributed by atoms with E-state index in [9.17, 15) is 24.5 Å². The van der Waals surface area contributed by atoms with Gasteiger partial charge in [0.25, 0.3) is 16.8 Å². The van der Waals surface area contributed by atoms with Crippen LogP contribution in [0, 0.1) is 10.1 Å². The van der Waals surface area contributed by atoms with E-state index in [1.165, 1.54) is 39.4 Å². The molecule has 0 aliphatic carbocycles. The molecule has 1 heterocycles. The summed E-state index contributed by atoms with van der Waals surface area (Å²) in [7, 11) is 2.63. The SMILES string of the molecule is COC(=O)C(C)N1C(=O)S/C(=C/c2ccc(OCc3cccc([N+](=O)[O-])c3)c(OC)c2)C1=O. The minimum absolute atomic E-state index is 0.0334. The van der Waals surface area contributed by atoms with Crippen LogP contribution >= 0.6 is 11.8 Å². The molecule has 2 aromatic carbocycles. The zero-order chi connectivity index (χ0) is 24.1. The molecule has 172 valence electrons. The smallest absolute Gasteiger partial charge is 0.328 e. The zero-order valence-electron chi connectivity index (χ0n) is 18.0. The highest BCUT2D eigenvalue weighted by atomic mass is 32.2. The number of rotatable bonds is 8. The fraction of sp³-hybridized carbons (Fsp3) is 0.227. The van der Waals surface area contributed by atoms with Crippen LogP contribution in [0.3, 0.4) is 0 Å². The first-order chi connectivity index (χ1) is 15.7. The number of carbonyl (C=O) groups excluding carboxylic acids is 3. The largest absolute Gasteiger partial charge is 0.493 e. The lowest BCUT2D eigenvalue weighted by Crippen LogP contribution is -2.42. The van der Waals surface area contributed by atoms with Gasteiger partial charge in [-0.2, -0.15) is 0 Å². The topological polar surface area (TPSA) is 125 Å². The lowest BCUT2D eigenvalue weighted by atomic mass is 10.1. The van der Waals surface area contributed by atoms with Crippen molar-refractivity contribution in [3.63, 3.8) is 0 Å². The summed E-state index contributed by atoms with van der Waals surface area (Å²) in [4.78, 5) is 48.1. The van der Waals surface area contributed by atoms with Crippen molar-refractivity contribution in [2.75, 3.05) is 14.2 Å². The summed E-state index contributed by atoms with van der Waals surface area (Å²) < 4.78 is 15.7. The van der Waals surface area contributed by atoms with Crippen LogP contribution in [0.2, 0.25) is 0 Å². The van der Waals surface area contributed by atoms with Gasteiger partial charge < -0.3 is 14.2 Å². The van der Waals surface area contributed by atoms with E-state index in [-0.39, 0.29) is 17.2 Å². The fourth-order valence-electron chi connectivity index (χ4n) is 3.06. The maximum absolute atomic E-state index is 12.6. The van der Waals surface area contributed by atoms with Crippen LogP contribution in [0.15, 0.2) is 47.4 Å². The summed E-state index contributed by atoms with van der Waals surface area (Å²) in [5.41, 5.74) is 1.16. The molecule has 0 aromatic heterocycles. The van der Waals surface area contributed by atoms with Gasteiger partial charge in [-0.15, -0.1) is 0 Å². The van der Waals surface area contributed by atoms with Crippen molar-refractivity contribution >= 4 is 40.6 Å². The number of thioether (sulfide) groups is 1. The lowest BCUT2D eigenvalue weighted by molar-refractivity contribution is -0.384. The van der Waals surface area contributed by atoms with Crippen LogP contribution in [-0.4, -0.2) is 47.2 Å². The zero-order valence-corrected chi connectivity index (χ0v) is 18.8. The maximum Gasteiger partial charge on any atom is 0.328 e. The molecule has 10 nitrogen and oxygen atoms in total. The van der Waals surface area contributed by atoms with Gasteiger partial charge in [0, 0.05) is 12.1 Å². The third-order valence-electron chi connectivity index (χ3n) is 4.75. The van der Waals surface area contributed by atoms with Crippen LogP contribution in [-0.2, 0) is 20.9 Å². The number of nitro benzene ring substituents is 1. The molecule has 1 aliphatic rings. The van der Waals surface area contributed by atoms with E-state index in [2.05, 4.69) is 4.74 Å². The number of non-ortho nitro benzene ring substituents is 1. The molecule has 33 heavy (non-hydrogen) atoms. The van der Waals surface area contributed by atoms with Gasteiger partial charge >= 0.3 is 5.97 Å². The van der Waals surface area contributed by atoms with E-state index < -0.39 is 28.1 Å². The van der Waals surface area contributed by atoms with Crippen LogP contribution < -0.4 is 9.47 Å². The van der Waals surface area contributed by atoms with Crippen molar-refractivity contribution in [1.29, 1.82) is 0 Å². The summed E-state index contributed by atoms with van der Waals surface area (Å²) in [6, 6.07) is 9.99. The van der Waals surface area contributed by atoms with E-state index in [1.807, 2.05) is 0 Å². The summed E-state index contributed by atoms with van der Waals surface area (Å²) in [5, 5.41) is 10.4. The number of amides is 2. The first kappa shape index (κ1) is 23.8. The molecule has 0 N–H and O–H groups in total. The van der Waals surface area contributed by atoms with Crippen molar-refractivity contribution in [2.45, 2.75) is 19.6 Å². The predicted octanol–water partition coefficient (Wildman–Crippen LogP) is 3.78. The number of nitro groups is 1. The van der Waals surface area contributed by atoms with Crippen molar-refractivity contribution < 1.29 is 33.5 Å². The summed E-state index contributed by atoms with van der Waals surface area (Å²) in [5.74, 6) is -0.511. The van der Waals surface area contributed by atoms with Gasteiger partial charge in [-0.3, -0.25) is 24.6 Å². The predicted molar refractivity (Wildman–Crippen MR) is 120 cm³/mol.